The maximum Gasteiger partial charge on any atom is 0.246 e. The average Bonchev–Trinajstić information content (AvgIpc) is 3.17. The molecule has 0 spiro atoms. The fourth-order valence-electron chi connectivity index (χ4n) is 3.52. The van der Waals surface area contributed by atoms with E-state index in [1.165, 1.54) is 0 Å². The summed E-state index contributed by atoms with van der Waals surface area (Å²) in [5.74, 6) is 1.52. The van der Waals surface area contributed by atoms with Crippen LogP contribution < -0.4 is 9.47 Å². The molecule has 158 valence electrons. The fourth-order valence-corrected chi connectivity index (χ4v) is 3.52. The van der Waals surface area contributed by atoms with Crippen LogP contribution in [0.15, 0.2) is 53.2 Å². The zero-order chi connectivity index (χ0) is 21.7. The highest BCUT2D eigenvalue weighted by Gasteiger charge is 2.16. The maximum atomic E-state index is 12.6. The van der Waals surface area contributed by atoms with Crippen LogP contribution in [-0.4, -0.2) is 37.6 Å². The molecule has 0 fully saturated rings. The normalized spacial score (nSPS) is 11.6. The monoisotopic (exact) mass is 407 g/mol. The SMILES string of the molecule is CCOc1cc2occ(-c3ccc(OC)cc3)c2cc1/C(C)=C/C(=O)N(CC)CC. The number of hydrogen-bond donors (Lipinski definition) is 0. The first kappa shape index (κ1) is 21.5. The summed E-state index contributed by atoms with van der Waals surface area (Å²) in [6.45, 7) is 9.74. The third-order valence-electron chi connectivity index (χ3n) is 5.22. The predicted octanol–water partition coefficient (Wildman–Crippen LogP) is 5.78. The number of carbonyl (C=O) groups is 1. The van der Waals surface area contributed by atoms with Gasteiger partial charge in [0.25, 0.3) is 0 Å². The number of benzene rings is 2. The first-order chi connectivity index (χ1) is 14.5. The smallest absolute Gasteiger partial charge is 0.246 e. The highest BCUT2D eigenvalue weighted by atomic mass is 16.5. The molecule has 0 N–H and O–H groups in total. The van der Waals surface area contributed by atoms with Crippen molar-refractivity contribution in [1.82, 2.24) is 4.90 Å². The molecule has 0 atom stereocenters. The number of likely N-dealkylation sites (N-methyl/N-ethyl adjacent to an activating group) is 1. The van der Waals surface area contributed by atoms with E-state index in [-0.39, 0.29) is 5.91 Å². The van der Waals surface area contributed by atoms with Gasteiger partial charge in [-0.2, -0.15) is 0 Å². The molecule has 3 aromatic rings. The molecule has 0 radical (unpaired) electrons. The number of carbonyl (C=O) groups excluding carboxylic acids is 1. The van der Waals surface area contributed by atoms with Crippen LogP contribution in [0.25, 0.3) is 27.7 Å². The largest absolute Gasteiger partial charge is 0.497 e. The van der Waals surface area contributed by atoms with Crippen LogP contribution in [0.1, 0.15) is 33.3 Å². The fraction of sp³-hybridized carbons (Fsp3) is 0.320. The number of rotatable bonds is 8. The van der Waals surface area contributed by atoms with Crippen molar-refractivity contribution >= 4 is 22.4 Å². The van der Waals surface area contributed by atoms with Crippen molar-refractivity contribution in [3.63, 3.8) is 0 Å². The Morgan fingerprint density at radius 1 is 1.10 bits per heavy atom. The summed E-state index contributed by atoms with van der Waals surface area (Å²) in [6, 6.07) is 11.8. The van der Waals surface area contributed by atoms with Crippen LogP contribution in [0.4, 0.5) is 0 Å². The summed E-state index contributed by atoms with van der Waals surface area (Å²) in [4.78, 5) is 14.4. The average molecular weight is 408 g/mol. The molecular formula is C25H29NO4. The second-order valence-corrected chi connectivity index (χ2v) is 6.99. The van der Waals surface area contributed by atoms with Gasteiger partial charge in [-0.3, -0.25) is 4.79 Å². The van der Waals surface area contributed by atoms with E-state index >= 15 is 0 Å². The van der Waals surface area contributed by atoms with Crippen molar-refractivity contribution in [1.29, 1.82) is 0 Å². The van der Waals surface area contributed by atoms with E-state index in [1.807, 2.05) is 64.1 Å². The Balaban J connectivity index is 2.10. The molecule has 30 heavy (non-hydrogen) atoms. The number of allylic oxidation sites excluding steroid dienone is 1. The van der Waals surface area contributed by atoms with Gasteiger partial charge in [-0.1, -0.05) is 12.1 Å². The molecule has 3 rings (SSSR count). The minimum absolute atomic E-state index is 0.00242. The van der Waals surface area contributed by atoms with Crippen molar-refractivity contribution in [2.45, 2.75) is 27.7 Å². The van der Waals surface area contributed by atoms with E-state index in [4.69, 9.17) is 13.9 Å². The molecule has 0 saturated carbocycles. The Morgan fingerprint density at radius 2 is 1.80 bits per heavy atom. The molecule has 1 amide bonds. The molecule has 0 saturated heterocycles. The summed E-state index contributed by atoms with van der Waals surface area (Å²) in [5.41, 5.74) is 4.52. The van der Waals surface area contributed by atoms with E-state index in [1.54, 1.807) is 24.3 Å². The highest BCUT2D eigenvalue weighted by molar-refractivity contribution is 6.00. The van der Waals surface area contributed by atoms with Gasteiger partial charge >= 0.3 is 0 Å². The Bertz CT molecular complexity index is 1040. The van der Waals surface area contributed by atoms with Crippen LogP contribution in [-0.2, 0) is 4.79 Å². The Hall–Kier alpha value is -3.21. The van der Waals surface area contributed by atoms with Crippen molar-refractivity contribution < 1.29 is 18.7 Å². The van der Waals surface area contributed by atoms with Crippen LogP contribution in [0.5, 0.6) is 11.5 Å². The Morgan fingerprint density at radius 3 is 2.40 bits per heavy atom. The Labute approximate surface area is 177 Å². The minimum Gasteiger partial charge on any atom is -0.497 e. The number of methoxy groups -OCH3 is 1. The lowest BCUT2D eigenvalue weighted by atomic mass is 9.99. The lowest BCUT2D eigenvalue weighted by molar-refractivity contribution is -0.125. The number of amides is 1. The standard InChI is InChI=1S/C25H29NO4/c1-6-26(7-2)25(27)13-17(4)20-14-21-22(18-9-11-19(28-5)12-10-18)16-30-24(21)15-23(20)29-8-3/h9-16H,6-8H2,1-5H3/b17-13+. The van der Waals surface area contributed by atoms with Gasteiger partial charge in [-0.15, -0.1) is 0 Å². The zero-order valence-electron chi connectivity index (χ0n) is 18.3. The molecular weight excluding hydrogens is 378 g/mol. The third-order valence-corrected chi connectivity index (χ3v) is 5.22. The molecule has 5 heteroatoms. The number of hydrogen-bond acceptors (Lipinski definition) is 4. The quantitative estimate of drug-likeness (QED) is 0.444. The predicted molar refractivity (Wildman–Crippen MR) is 121 cm³/mol. The van der Waals surface area contributed by atoms with Gasteiger partial charge in [0.2, 0.25) is 5.91 Å². The van der Waals surface area contributed by atoms with Gasteiger partial charge in [0.05, 0.1) is 20.0 Å². The van der Waals surface area contributed by atoms with E-state index in [9.17, 15) is 4.79 Å². The number of furan rings is 1. The molecule has 0 aliphatic heterocycles. The summed E-state index contributed by atoms with van der Waals surface area (Å²) < 4.78 is 17.0. The minimum atomic E-state index is 0.00242. The number of fused-ring (bicyclic) bond motifs is 1. The van der Waals surface area contributed by atoms with Crippen molar-refractivity contribution in [2.24, 2.45) is 0 Å². The van der Waals surface area contributed by atoms with Crippen molar-refractivity contribution in [2.75, 3.05) is 26.8 Å². The molecule has 1 heterocycles. The lowest BCUT2D eigenvalue weighted by Gasteiger charge is -2.17. The lowest BCUT2D eigenvalue weighted by Crippen LogP contribution is -2.28. The van der Waals surface area contributed by atoms with Gasteiger partial charge in [-0.05, 0) is 57.0 Å². The van der Waals surface area contributed by atoms with E-state index in [0.717, 1.165) is 39.0 Å². The second-order valence-electron chi connectivity index (χ2n) is 6.99. The van der Waals surface area contributed by atoms with Crippen LogP contribution in [0.2, 0.25) is 0 Å². The van der Waals surface area contributed by atoms with Gasteiger partial charge in [-0.25, -0.2) is 0 Å². The summed E-state index contributed by atoms with van der Waals surface area (Å²) >= 11 is 0. The molecule has 0 aliphatic rings. The van der Waals surface area contributed by atoms with Gasteiger partial charge < -0.3 is 18.8 Å². The summed E-state index contributed by atoms with van der Waals surface area (Å²) in [5, 5.41) is 0.974. The highest BCUT2D eigenvalue weighted by Crippen LogP contribution is 2.38. The molecule has 0 bridgehead atoms. The van der Waals surface area contributed by atoms with Gasteiger partial charge in [0.15, 0.2) is 0 Å². The van der Waals surface area contributed by atoms with Crippen molar-refractivity contribution in [3.8, 4) is 22.6 Å². The third kappa shape index (κ3) is 4.35. The molecule has 0 unspecified atom stereocenters. The van der Waals surface area contributed by atoms with Gasteiger partial charge in [0, 0.05) is 41.7 Å². The van der Waals surface area contributed by atoms with Crippen LogP contribution in [0, 0.1) is 0 Å². The zero-order valence-corrected chi connectivity index (χ0v) is 18.3. The topological polar surface area (TPSA) is 51.9 Å². The summed E-state index contributed by atoms with van der Waals surface area (Å²) in [7, 11) is 1.65. The Kier molecular flexibility index (Phi) is 6.83. The first-order valence-electron chi connectivity index (χ1n) is 10.3. The van der Waals surface area contributed by atoms with Crippen LogP contribution in [0.3, 0.4) is 0 Å². The number of nitrogens with zero attached hydrogens (tertiary/aromatic N) is 1. The second kappa shape index (κ2) is 9.53. The number of ether oxygens (including phenoxy) is 2. The molecule has 0 aliphatic carbocycles. The van der Waals surface area contributed by atoms with Crippen molar-refractivity contribution in [3.05, 3.63) is 54.3 Å². The maximum absolute atomic E-state index is 12.6. The molecule has 1 aromatic heterocycles. The summed E-state index contributed by atoms with van der Waals surface area (Å²) in [6.07, 6.45) is 3.44. The van der Waals surface area contributed by atoms with E-state index in [0.29, 0.717) is 25.4 Å². The van der Waals surface area contributed by atoms with Gasteiger partial charge in [0.1, 0.15) is 17.1 Å². The van der Waals surface area contributed by atoms with Crippen LogP contribution >= 0.6 is 0 Å². The molecule has 5 nitrogen and oxygen atoms in total. The van der Waals surface area contributed by atoms with E-state index in [2.05, 4.69) is 0 Å². The molecule has 2 aromatic carbocycles. The first-order valence-corrected chi connectivity index (χ1v) is 10.3. The van der Waals surface area contributed by atoms with E-state index < -0.39 is 0 Å².